The lowest BCUT2D eigenvalue weighted by Crippen LogP contribution is -2.30. The van der Waals surface area contributed by atoms with Crippen LogP contribution >= 0.6 is 11.3 Å². The molecule has 2 heterocycles. The molecule has 0 bridgehead atoms. The highest BCUT2D eigenvalue weighted by Gasteiger charge is 2.34. The van der Waals surface area contributed by atoms with Gasteiger partial charge in [0.05, 0.1) is 19.6 Å². The number of aryl methyl sites for hydroxylation is 1. The van der Waals surface area contributed by atoms with Crippen molar-refractivity contribution in [2.45, 2.75) is 33.1 Å². The highest BCUT2D eigenvalue weighted by Crippen LogP contribution is 2.40. The zero-order valence-electron chi connectivity index (χ0n) is 20.3. The molecule has 3 aromatic rings. The Hall–Kier alpha value is -3.39. The minimum absolute atomic E-state index is 0.00326. The molecule has 1 fully saturated rings. The van der Waals surface area contributed by atoms with Crippen LogP contribution in [-0.2, 0) is 20.7 Å². The van der Waals surface area contributed by atoms with Gasteiger partial charge in [0.25, 0.3) is 0 Å². The van der Waals surface area contributed by atoms with Crippen LogP contribution in [0, 0.1) is 12.8 Å². The fourth-order valence-electron chi connectivity index (χ4n) is 4.15. The topological polar surface area (TPSA) is 84.9 Å². The largest absolute Gasteiger partial charge is 0.491 e. The molecule has 0 aliphatic carbocycles. The number of likely N-dealkylation sites (tertiary alicyclic amines) is 1. The van der Waals surface area contributed by atoms with Crippen molar-refractivity contribution in [2.75, 3.05) is 32.1 Å². The summed E-state index contributed by atoms with van der Waals surface area (Å²) in [5, 5.41) is 3.70. The van der Waals surface area contributed by atoms with Gasteiger partial charge >= 0.3 is 5.97 Å². The molecule has 1 aliphatic rings. The summed E-state index contributed by atoms with van der Waals surface area (Å²) in [4.78, 5) is 39.9. The van der Waals surface area contributed by atoms with Crippen LogP contribution in [-0.4, -0.2) is 49.5 Å². The maximum Gasteiger partial charge on any atom is 0.351 e. The standard InChI is InChI=1S/C27H30N2O5S/c1-4-13-34-24-21-15-20(9-10-22(21)35-25(24)27(32)33-3)28-26(31)19-14-23(30)29(16-19)12-11-18-7-5-17(2)6-8-18/h5-10,15,19H,4,11-14,16H2,1-3H3,(H,28,31)/t19-/m0/s1. The normalized spacial score (nSPS) is 15.5. The van der Waals surface area contributed by atoms with Crippen molar-refractivity contribution in [1.29, 1.82) is 0 Å². The summed E-state index contributed by atoms with van der Waals surface area (Å²) < 4.78 is 11.6. The third-order valence-electron chi connectivity index (χ3n) is 6.11. The predicted octanol–water partition coefficient (Wildman–Crippen LogP) is 4.81. The predicted molar refractivity (Wildman–Crippen MR) is 137 cm³/mol. The Labute approximate surface area is 209 Å². The number of benzene rings is 2. The van der Waals surface area contributed by atoms with E-state index in [1.807, 2.05) is 26.0 Å². The zero-order chi connectivity index (χ0) is 24.9. The average Bonchev–Trinajstić information content (AvgIpc) is 3.41. The molecular formula is C27H30N2O5S. The van der Waals surface area contributed by atoms with E-state index in [0.29, 0.717) is 36.0 Å². The first kappa shape index (κ1) is 24.7. The van der Waals surface area contributed by atoms with Gasteiger partial charge in [-0.25, -0.2) is 4.79 Å². The Bertz CT molecular complexity index is 1230. The number of anilines is 1. The highest BCUT2D eigenvalue weighted by molar-refractivity contribution is 7.21. The molecule has 0 saturated carbocycles. The molecule has 184 valence electrons. The highest BCUT2D eigenvalue weighted by atomic mass is 32.1. The molecule has 35 heavy (non-hydrogen) atoms. The summed E-state index contributed by atoms with van der Waals surface area (Å²) in [6.45, 7) is 5.51. The number of hydrogen-bond donors (Lipinski definition) is 1. The third-order valence-corrected chi connectivity index (χ3v) is 7.24. The Morgan fingerprint density at radius 1 is 1.17 bits per heavy atom. The van der Waals surface area contributed by atoms with Gasteiger partial charge in [-0.2, -0.15) is 0 Å². The number of nitrogens with one attached hydrogen (secondary N) is 1. The molecule has 7 nitrogen and oxygen atoms in total. The maximum atomic E-state index is 13.0. The van der Waals surface area contributed by atoms with Crippen LogP contribution < -0.4 is 10.1 Å². The lowest BCUT2D eigenvalue weighted by molar-refractivity contribution is -0.128. The van der Waals surface area contributed by atoms with Gasteiger partial charge in [-0.3, -0.25) is 9.59 Å². The van der Waals surface area contributed by atoms with E-state index in [1.165, 1.54) is 29.6 Å². The van der Waals surface area contributed by atoms with Crippen molar-refractivity contribution < 1.29 is 23.9 Å². The van der Waals surface area contributed by atoms with Crippen molar-refractivity contribution in [3.8, 4) is 5.75 Å². The second kappa shape index (κ2) is 10.9. The lowest BCUT2D eigenvalue weighted by atomic mass is 10.1. The molecule has 0 radical (unpaired) electrons. The van der Waals surface area contributed by atoms with Gasteiger partial charge in [-0.15, -0.1) is 11.3 Å². The maximum absolute atomic E-state index is 13.0. The Kier molecular flexibility index (Phi) is 7.70. The molecule has 1 N–H and O–H groups in total. The van der Waals surface area contributed by atoms with Crippen LogP contribution in [0.3, 0.4) is 0 Å². The minimum Gasteiger partial charge on any atom is -0.491 e. The van der Waals surface area contributed by atoms with Crippen molar-refractivity contribution >= 4 is 44.9 Å². The number of nitrogens with zero attached hydrogens (tertiary/aromatic N) is 1. The summed E-state index contributed by atoms with van der Waals surface area (Å²) >= 11 is 1.30. The van der Waals surface area contributed by atoms with Crippen LogP contribution in [0.4, 0.5) is 5.69 Å². The number of methoxy groups -OCH3 is 1. The van der Waals surface area contributed by atoms with Gasteiger partial charge in [0.2, 0.25) is 11.8 Å². The van der Waals surface area contributed by atoms with Crippen molar-refractivity contribution in [3.63, 3.8) is 0 Å². The first-order valence-corrected chi connectivity index (χ1v) is 12.6. The molecule has 1 aromatic heterocycles. The summed E-state index contributed by atoms with van der Waals surface area (Å²) in [6, 6.07) is 13.7. The van der Waals surface area contributed by atoms with Crippen LogP contribution in [0.5, 0.6) is 5.75 Å². The molecule has 2 amide bonds. The second-order valence-electron chi connectivity index (χ2n) is 8.78. The smallest absolute Gasteiger partial charge is 0.351 e. The van der Waals surface area contributed by atoms with E-state index in [2.05, 4.69) is 29.6 Å². The molecule has 0 spiro atoms. The molecule has 8 heteroatoms. The van der Waals surface area contributed by atoms with E-state index in [1.54, 1.807) is 11.0 Å². The Balaban J connectivity index is 1.43. The molecule has 4 rings (SSSR count). The quantitative estimate of drug-likeness (QED) is 0.432. The lowest BCUT2D eigenvalue weighted by Gasteiger charge is -2.16. The minimum atomic E-state index is -0.446. The zero-order valence-corrected chi connectivity index (χ0v) is 21.1. The van der Waals surface area contributed by atoms with Crippen molar-refractivity contribution in [3.05, 3.63) is 58.5 Å². The van der Waals surface area contributed by atoms with E-state index in [9.17, 15) is 14.4 Å². The number of amides is 2. The molecule has 1 atom stereocenters. The summed E-state index contributed by atoms with van der Waals surface area (Å²) in [6.07, 6.45) is 1.76. The summed E-state index contributed by atoms with van der Waals surface area (Å²) in [5.41, 5.74) is 2.98. The van der Waals surface area contributed by atoms with E-state index in [0.717, 1.165) is 22.9 Å². The van der Waals surface area contributed by atoms with Crippen LogP contribution in [0.15, 0.2) is 42.5 Å². The SMILES string of the molecule is CCCOc1c(C(=O)OC)sc2ccc(NC(=O)[C@H]3CC(=O)N(CCc4ccc(C)cc4)C3)cc12. The molecule has 1 aliphatic heterocycles. The van der Waals surface area contributed by atoms with Gasteiger partial charge in [-0.1, -0.05) is 36.8 Å². The summed E-state index contributed by atoms with van der Waals surface area (Å²) in [7, 11) is 1.34. The number of carbonyl (C=O) groups excluding carboxylic acids is 3. The van der Waals surface area contributed by atoms with E-state index < -0.39 is 11.9 Å². The first-order chi connectivity index (χ1) is 16.9. The van der Waals surface area contributed by atoms with Crippen molar-refractivity contribution in [2.24, 2.45) is 5.92 Å². The fourth-order valence-corrected chi connectivity index (χ4v) is 5.20. The number of carbonyl (C=O) groups is 3. The first-order valence-electron chi connectivity index (χ1n) is 11.8. The number of thiophene rings is 1. The summed E-state index contributed by atoms with van der Waals surface area (Å²) in [5.74, 6) is -0.551. The molecule has 1 saturated heterocycles. The van der Waals surface area contributed by atoms with E-state index in [4.69, 9.17) is 9.47 Å². The van der Waals surface area contributed by atoms with E-state index >= 15 is 0 Å². The Morgan fingerprint density at radius 2 is 1.94 bits per heavy atom. The van der Waals surface area contributed by atoms with E-state index in [-0.39, 0.29) is 18.2 Å². The van der Waals surface area contributed by atoms with Gasteiger partial charge in [0.15, 0.2) is 10.6 Å². The van der Waals surface area contributed by atoms with Crippen LogP contribution in [0.2, 0.25) is 0 Å². The number of esters is 1. The average molecular weight is 495 g/mol. The molecule has 0 unspecified atom stereocenters. The number of ether oxygens (including phenoxy) is 2. The number of rotatable bonds is 9. The van der Waals surface area contributed by atoms with Crippen LogP contribution in [0.1, 0.15) is 40.6 Å². The van der Waals surface area contributed by atoms with Gasteiger partial charge < -0.3 is 19.7 Å². The monoisotopic (exact) mass is 494 g/mol. The number of hydrogen-bond acceptors (Lipinski definition) is 6. The van der Waals surface area contributed by atoms with Crippen molar-refractivity contribution in [1.82, 2.24) is 4.90 Å². The van der Waals surface area contributed by atoms with Gasteiger partial charge in [0.1, 0.15) is 0 Å². The fraction of sp³-hybridized carbons (Fsp3) is 0.370. The Morgan fingerprint density at radius 3 is 2.66 bits per heavy atom. The van der Waals surface area contributed by atoms with Crippen LogP contribution in [0.25, 0.3) is 10.1 Å². The van der Waals surface area contributed by atoms with Gasteiger partial charge in [0, 0.05) is 35.3 Å². The molecule has 2 aromatic carbocycles. The second-order valence-corrected chi connectivity index (χ2v) is 9.83. The third kappa shape index (κ3) is 5.65. The van der Waals surface area contributed by atoms with Gasteiger partial charge in [-0.05, 0) is 43.5 Å². The molecular weight excluding hydrogens is 464 g/mol. The number of fused-ring (bicyclic) bond motifs is 1.